The summed E-state index contributed by atoms with van der Waals surface area (Å²) >= 11 is 0. The predicted molar refractivity (Wildman–Crippen MR) is 184 cm³/mol. The molecule has 10 heteroatoms. The van der Waals surface area contributed by atoms with Gasteiger partial charge in [0.15, 0.2) is 11.5 Å². The van der Waals surface area contributed by atoms with Crippen LogP contribution in [0.1, 0.15) is 38.5 Å². The molecule has 1 aromatic heterocycles. The molecule has 250 valence electrons. The normalized spacial score (nSPS) is 18.5. The van der Waals surface area contributed by atoms with Crippen molar-refractivity contribution in [3.63, 3.8) is 0 Å². The summed E-state index contributed by atoms with van der Waals surface area (Å²) in [6.07, 6.45) is 9.79. The molecule has 0 radical (unpaired) electrons. The molecule has 0 bridgehead atoms. The first kappa shape index (κ1) is 31.9. The second-order valence-corrected chi connectivity index (χ2v) is 12.8. The molecule has 2 saturated heterocycles. The average Bonchev–Trinajstić information content (AvgIpc) is 3.48. The van der Waals surface area contributed by atoms with Crippen LogP contribution in [0.3, 0.4) is 0 Å². The lowest BCUT2D eigenvalue weighted by Gasteiger charge is -2.37. The van der Waals surface area contributed by atoms with Crippen LogP contribution in [0, 0.1) is 11.6 Å². The van der Waals surface area contributed by atoms with E-state index in [1.165, 1.54) is 49.0 Å². The average molecular weight is 654 g/mol. The van der Waals surface area contributed by atoms with Crippen molar-refractivity contribution in [3.05, 3.63) is 90.4 Å². The number of rotatable bonds is 10. The van der Waals surface area contributed by atoms with E-state index in [-0.39, 0.29) is 17.8 Å². The minimum atomic E-state index is -0.639. The van der Waals surface area contributed by atoms with Gasteiger partial charge in [-0.15, -0.1) is 0 Å². The molecule has 4 aromatic rings. The number of methoxy groups -OCH3 is 1. The zero-order chi connectivity index (χ0) is 33.2. The van der Waals surface area contributed by atoms with E-state index in [1.54, 1.807) is 13.2 Å². The molecule has 8 nitrogen and oxygen atoms in total. The predicted octanol–water partition coefficient (Wildman–Crippen LogP) is 7.88. The van der Waals surface area contributed by atoms with Crippen LogP contribution in [0.2, 0.25) is 0 Å². The number of anilines is 2. The van der Waals surface area contributed by atoms with Gasteiger partial charge in [-0.3, -0.25) is 0 Å². The number of nitrogens with zero attached hydrogens (tertiary/aromatic N) is 4. The van der Waals surface area contributed by atoms with Crippen LogP contribution >= 0.6 is 0 Å². The Hall–Kier alpha value is -4.70. The van der Waals surface area contributed by atoms with Crippen molar-refractivity contribution in [2.45, 2.75) is 50.7 Å². The minimum Gasteiger partial charge on any atom is -0.493 e. The fourth-order valence-electron chi connectivity index (χ4n) is 6.84. The van der Waals surface area contributed by atoms with Gasteiger partial charge in [0.25, 0.3) is 0 Å². The van der Waals surface area contributed by atoms with E-state index in [4.69, 9.17) is 14.2 Å². The third kappa shape index (κ3) is 6.67. The molecule has 3 aliphatic rings. The maximum absolute atomic E-state index is 14.9. The molecule has 0 spiro atoms. The number of nitrogens with one attached hydrogen (secondary N) is 1. The molecule has 1 aliphatic carbocycles. The highest BCUT2D eigenvalue weighted by atomic mass is 19.1. The summed E-state index contributed by atoms with van der Waals surface area (Å²) in [5.41, 5.74) is 4.96. The fourth-order valence-corrected chi connectivity index (χ4v) is 6.84. The number of fused-ring (bicyclic) bond motifs is 1. The Morgan fingerprint density at radius 3 is 2.40 bits per heavy atom. The monoisotopic (exact) mass is 653 g/mol. The van der Waals surface area contributed by atoms with E-state index < -0.39 is 11.6 Å². The largest absolute Gasteiger partial charge is 0.493 e. The quantitative estimate of drug-likeness (QED) is 0.185. The Morgan fingerprint density at radius 2 is 1.71 bits per heavy atom. The summed E-state index contributed by atoms with van der Waals surface area (Å²) in [7, 11) is 3.70. The lowest BCUT2D eigenvalue weighted by molar-refractivity contribution is 0.115. The van der Waals surface area contributed by atoms with Crippen LogP contribution in [0.15, 0.2) is 78.8 Å². The van der Waals surface area contributed by atoms with Crippen LogP contribution in [0.5, 0.6) is 17.2 Å². The molecule has 2 aliphatic heterocycles. The van der Waals surface area contributed by atoms with Gasteiger partial charge in [-0.1, -0.05) is 12.6 Å². The van der Waals surface area contributed by atoms with E-state index in [9.17, 15) is 8.78 Å². The Kier molecular flexibility index (Phi) is 9.17. The molecule has 7 rings (SSSR count). The first-order valence-electron chi connectivity index (χ1n) is 16.7. The topological polar surface area (TPSA) is 72.0 Å². The van der Waals surface area contributed by atoms with E-state index in [0.29, 0.717) is 39.8 Å². The van der Waals surface area contributed by atoms with Crippen LogP contribution < -0.4 is 19.5 Å². The number of ether oxygens (including phenoxy) is 3. The van der Waals surface area contributed by atoms with E-state index in [0.717, 1.165) is 56.9 Å². The van der Waals surface area contributed by atoms with Crippen molar-refractivity contribution >= 4 is 22.4 Å². The summed E-state index contributed by atoms with van der Waals surface area (Å²) in [5.74, 6) is 1.10. The van der Waals surface area contributed by atoms with Crippen LogP contribution in [-0.4, -0.2) is 72.3 Å². The summed E-state index contributed by atoms with van der Waals surface area (Å²) in [4.78, 5) is 13.8. The van der Waals surface area contributed by atoms with E-state index in [1.807, 2.05) is 30.3 Å². The third-order valence-corrected chi connectivity index (χ3v) is 9.63. The molecule has 3 heterocycles. The number of likely N-dealkylation sites (N-methyl/N-ethyl adjacent to an activating group) is 1. The SMILES string of the molecule is C=CC(=C1CCC1)N1CCC(Oc2cc3c(Nc4cc(-c5ccc(F)cc5F)ccc4OC4CCN(C)C4)ncnc3cc2OC)CC1. The zero-order valence-corrected chi connectivity index (χ0v) is 27.5. The van der Waals surface area contributed by atoms with Gasteiger partial charge in [0.05, 0.1) is 18.3 Å². The first-order chi connectivity index (χ1) is 23.4. The Labute approximate surface area is 280 Å². The highest BCUT2D eigenvalue weighted by Gasteiger charge is 2.26. The number of benzene rings is 3. The first-order valence-corrected chi connectivity index (χ1v) is 16.7. The van der Waals surface area contributed by atoms with Crippen LogP contribution in [0.25, 0.3) is 22.0 Å². The number of halogens is 2. The third-order valence-electron chi connectivity index (χ3n) is 9.63. The molecule has 1 N–H and O–H groups in total. The van der Waals surface area contributed by atoms with Gasteiger partial charge < -0.3 is 29.3 Å². The summed E-state index contributed by atoms with van der Waals surface area (Å²) < 4.78 is 47.4. The number of aromatic nitrogens is 2. The zero-order valence-electron chi connectivity index (χ0n) is 27.5. The molecule has 1 atom stereocenters. The van der Waals surface area contributed by atoms with Crippen molar-refractivity contribution in [1.82, 2.24) is 19.8 Å². The van der Waals surface area contributed by atoms with Crippen molar-refractivity contribution in [2.24, 2.45) is 0 Å². The van der Waals surface area contributed by atoms with Crippen molar-refractivity contribution in [1.29, 1.82) is 0 Å². The Morgan fingerprint density at radius 1 is 0.917 bits per heavy atom. The van der Waals surface area contributed by atoms with Crippen molar-refractivity contribution in [3.8, 4) is 28.4 Å². The van der Waals surface area contributed by atoms with Crippen LogP contribution in [-0.2, 0) is 0 Å². The van der Waals surface area contributed by atoms with Gasteiger partial charge in [0, 0.05) is 67.8 Å². The summed E-state index contributed by atoms with van der Waals surface area (Å²) in [5, 5.41) is 4.19. The standard InChI is InChI=1S/C38H41F2N5O3/c1-4-34(24-6-5-7-24)45-16-13-27(14-17-45)47-37-20-30-32(21-36(37)46-3)41-23-42-38(30)43-33-18-25(29-10-9-26(39)19-31(29)40)8-11-35(33)48-28-12-15-44(2)22-28/h4,8-11,18-21,23,27-28H,1,5-7,12-17,22H2,2-3H3,(H,41,42,43). The number of allylic oxidation sites excluding steroid dienone is 2. The van der Waals surface area contributed by atoms with E-state index >= 15 is 0 Å². The summed E-state index contributed by atoms with van der Waals surface area (Å²) in [6, 6.07) is 12.8. The number of piperidine rings is 1. The van der Waals surface area contributed by atoms with Gasteiger partial charge in [-0.25, -0.2) is 18.7 Å². The summed E-state index contributed by atoms with van der Waals surface area (Å²) in [6.45, 7) is 7.63. The molecule has 3 aromatic carbocycles. The number of hydrogen-bond donors (Lipinski definition) is 1. The second kappa shape index (κ2) is 13.8. The molecule has 48 heavy (non-hydrogen) atoms. The lowest BCUT2D eigenvalue weighted by atomic mass is 9.89. The smallest absolute Gasteiger partial charge is 0.162 e. The van der Waals surface area contributed by atoms with Crippen LogP contribution in [0.4, 0.5) is 20.3 Å². The maximum atomic E-state index is 14.9. The van der Waals surface area contributed by atoms with Crippen molar-refractivity contribution in [2.75, 3.05) is 45.7 Å². The van der Waals surface area contributed by atoms with E-state index in [2.05, 4.69) is 38.7 Å². The maximum Gasteiger partial charge on any atom is 0.162 e. The highest BCUT2D eigenvalue weighted by Crippen LogP contribution is 2.40. The lowest BCUT2D eigenvalue weighted by Crippen LogP contribution is -2.38. The van der Waals surface area contributed by atoms with Gasteiger partial charge in [-0.2, -0.15) is 0 Å². The van der Waals surface area contributed by atoms with Gasteiger partial charge in [0.2, 0.25) is 0 Å². The Bertz CT molecular complexity index is 1850. The fraction of sp³-hybridized carbons (Fsp3) is 0.368. The van der Waals surface area contributed by atoms with Crippen molar-refractivity contribution < 1.29 is 23.0 Å². The number of hydrogen-bond acceptors (Lipinski definition) is 8. The highest BCUT2D eigenvalue weighted by molar-refractivity contribution is 5.94. The minimum absolute atomic E-state index is 0.00857. The molecule has 0 amide bonds. The van der Waals surface area contributed by atoms with Gasteiger partial charge in [-0.05, 0) is 80.3 Å². The number of likely N-dealkylation sites (tertiary alicyclic amines) is 2. The van der Waals surface area contributed by atoms with Gasteiger partial charge in [0.1, 0.15) is 41.7 Å². The molecule has 3 fully saturated rings. The Balaban J connectivity index is 1.18. The molecule has 1 saturated carbocycles. The molecular formula is C38H41F2N5O3. The van der Waals surface area contributed by atoms with Gasteiger partial charge >= 0.3 is 0 Å². The molecule has 1 unspecified atom stereocenters. The second-order valence-electron chi connectivity index (χ2n) is 12.8. The molecular weight excluding hydrogens is 612 g/mol.